The van der Waals surface area contributed by atoms with Crippen LogP contribution < -0.4 is 0 Å². The fourth-order valence-corrected chi connectivity index (χ4v) is 1.97. The minimum absolute atomic E-state index is 0.0419. The normalized spacial score (nSPS) is 20.6. The summed E-state index contributed by atoms with van der Waals surface area (Å²) in [6.45, 7) is 11.2. The molecule has 0 amide bonds. The van der Waals surface area contributed by atoms with Crippen LogP contribution in [0.25, 0.3) is 0 Å². The number of piperidine rings is 1. The maximum absolute atomic E-state index is 9.36. The van der Waals surface area contributed by atoms with Crippen molar-refractivity contribution in [2.75, 3.05) is 39.3 Å². The van der Waals surface area contributed by atoms with Crippen LogP contribution in [0.5, 0.6) is 0 Å². The molecule has 0 aromatic rings. The van der Waals surface area contributed by atoms with E-state index >= 15 is 0 Å². The molecule has 0 radical (unpaired) electrons. The van der Waals surface area contributed by atoms with Crippen LogP contribution in [-0.2, 0) is 0 Å². The third-order valence-electron chi connectivity index (χ3n) is 3.18. The molecule has 84 valence electrons. The Morgan fingerprint density at radius 2 is 1.79 bits per heavy atom. The monoisotopic (exact) mass is 200 g/mol. The molecule has 0 saturated carbocycles. The molecule has 0 aromatic heterocycles. The van der Waals surface area contributed by atoms with Crippen LogP contribution in [0.2, 0.25) is 0 Å². The quantitative estimate of drug-likeness (QED) is 0.710. The Morgan fingerprint density at radius 3 is 2.29 bits per heavy atom. The van der Waals surface area contributed by atoms with Gasteiger partial charge in [0, 0.05) is 26.2 Å². The lowest BCUT2D eigenvalue weighted by atomic mass is 10.1. The Morgan fingerprint density at radius 1 is 1.21 bits per heavy atom. The van der Waals surface area contributed by atoms with Crippen molar-refractivity contribution < 1.29 is 5.11 Å². The predicted molar refractivity (Wildman–Crippen MR) is 59.5 cm³/mol. The van der Waals surface area contributed by atoms with Crippen molar-refractivity contribution in [3.8, 4) is 0 Å². The molecule has 0 aromatic carbocycles. The van der Waals surface area contributed by atoms with Gasteiger partial charge in [0.25, 0.3) is 0 Å². The number of aliphatic hydroxyl groups excluding tert-OH is 1. The van der Waals surface area contributed by atoms with Crippen molar-refractivity contribution in [2.24, 2.45) is 0 Å². The van der Waals surface area contributed by atoms with Crippen LogP contribution in [-0.4, -0.2) is 60.3 Å². The topological polar surface area (TPSA) is 26.7 Å². The van der Waals surface area contributed by atoms with E-state index in [1.807, 2.05) is 0 Å². The van der Waals surface area contributed by atoms with Gasteiger partial charge < -0.3 is 14.9 Å². The van der Waals surface area contributed by atoms with E-state index in [0.29, 0.717) is 0 Å². The highest BCUT2D eigenvalue weighted by atomic mass is 16.3. The first-order chi connectivity index (χ1) is 6.76. The largest absolute Gasteiger partial charge is 0.393 e. The SMILES string of the molecule is CCN(CC)CCN1CCC(O)CC1. The van der Waals surface area contributed by atoms with Crippen LogP contribution in [0.15, 0.2) is 0 Å². The van der Waals surface area contributed by atoms with Crippen LogP contribution in [0.4, 0.5) is 0 Å². The molecule has 1 aliphatic heterocycles. The summed E-state index contributed by atoms with van der Waals surface area (Å²) in [6, 6.07) is 0. The van der Waals surface area contributed by atoms with Crippen molar-refractivity contribution in [2.45, 2.75) is 32.8 Å². The van der Waals surface area contributed by atoms with E-state index in [9.17, 15) is 5.11 Å². The number of likely N-dealkylation sites (N-methyl/N-ethyl adjacent to an activating group) is 1. The molecule has 0 bridgehead atoms. The number of hydrogen-bond acceptors (Lipinski definition) is 3. The van der Waals surface area contributed by atoms with Gasteiger partial charge in [0.15, 0.2) is 0 Å². The zero-order valence-corrected chi connectivity index (χ0v) is 9.58. The first kappa shape index (κ1) is 12.0. The Balaban J connectivity index is 2.12. The molecule has 1 saturated heterocycles. The van der Waals surface area contributed by atoms with E-state index in [0.717, 1.165) is 45.6 Å². The molecule has 0 unspecified atom stereocenters. The highest BCUT2D eigenvalue weighted by Gasteiger charge is 2.16. The molecule has 3 nitrogen and oxygen atoms in total. The van der Waals surface area contributed by atoms with Crippen LogP contribution >= 0.6 is 0 Å². The van der Waals surface area contributed by atoms with E-state index in [1.165, 1.54) is 6.54 Å². The molecule has 0 aliphatic carbocycles. The fourth-order valence-electron chi connectivity index (χ4n) is 1.97. The molecule has 1 N–H and O–H groups in total. The minimum Gasteiger partial charge on any atom is -0.393 e. The second kappa shape index (κ2) is 6.38. The van der Waals surface area contributed by atoms with Gasteiger partial charge in [0.2, 0.25) is 0 Å². The smallest absolute Gasteiger partial charge is 0.0564 e. The lowest BCUT2D eigenvalue weighted by molar-refractivity contribution is 0.0774. The van der Waals surface area contributed by atoms with Crippen molar-refractivity contribution >= 4 is 0 Å². The summed E-state index contributed by atoms with van der Waals surface area (Å²) in [5, 5.41) is 9.36. The molecule has 1 rings (SSSR count). The van der Waals surface area contributed by atoms with Gasteiger partial charge in [0.05, 0.1) is 6.10 Å². The Kier molecular flexibility index (Phi) is 5.45. The fraction of sp³-hybridized carbons (Fsp3) is 1.00. The summed E-state index contributed by atoms with van der Waals surface area (Å²) >= 11 is 0. The van der Waals surface area contributed by atoms with Gasteiger partial charge in [-0.25, -0.2) is 0 Å². The van der Waals surface area contributed by atoms with Gasteiger partial charge in [-0.15, -0.1) is 0 Å². The second-order valence-corrected chi connectivity index (χ2v) is 4.10. The van der Waals surface area contributed by atoms with Crippen molar-refractivity contribution in [1.29, 1.82) is 0 Å². The predicted octanol–water partition coefficient (Wildman–Crippen LogP) is 0.785. The lowest BCUT2D eigenvalue weighted by Crippen LogP contribution is -2.40. The highest BCUT2D eigenvalue weighted by molar-refractivity contribution is 4.71. The minimum atomic E-state index is -0.0419. The van der Waals surface area contributed by atoms with Gasteiger partial charge in [-0.2, -0.15) is 0 Å². The average molecular weight is 200 g/mol. The van der Waals surface area contributed by atoms with E-state index in [1.54, 1.807) is 0 Å². The van der Waals surface area contributed by atoms with E-state index in [2.05, 4.69) is 23.6 Å². The average Bonchev–Trinajstić information content (AvgIpc) is 2.22. The third-order valence-corrected chi connectivity index (χ3v) is 3.18. The molecular formula is C11H24N2O. The molecule has 14 heavy (non-hydrogen) atoms. The Bertz CT molecular complexity index is 140. The van der Waals surface area contributed by atoms with Gasteiger partial charge in [0.1, 0.15) is 0 Å². The number of hydrogen-bond donors (Lipinski definition) is 1. The molecule has 0 spiro atoms. The van der Waals surface area contributed by atoms with E-state index in [-0.39, 0.29) is 6.10 Å². The van der Waals surface area contributed by atoms with E-state index < -0.39 is 0 Å². The van der Waals surface area contributed by atoms with Gasteiger partial charge in [-0.05, 0) is 25.9 Å². The molecule has 0 atom stereocenters. The van der Waals surface area contributed by atoms with Gasteiger partial charge in [-0.1, -0.05) is 13.8 Å². The van der Waals surface area contributed by atoms with E-state index in [4.69, 9.17) is 0 Å². The summed E-state index contributed by atoms with van der Waals surface area (Å²) in [5.74, 6) is 0. The molecule has 1 aliphatic rings. The number of likely N-dealkylation sites (tertiary alicyclic amines) is 1. The molecule has 3 heteroatoms. The highest BCUT2D eigenvalue weighted by Crippen LogP contribution is 2.09. The number of rotatable bonds is 5. The van der Waals surface area contributed by atoms with Crippen molar-refractivity contribution in [1.82, 2.24) is 9.80 Å². The van der Waals surface area contributed by atoms with Crippen molar-refractivity contribution in [3.05, 3.63) is 0 Å². The maximum Gasteiger partial charge on any atom is 0.0564 e. The van der Waals surface area contributed by atoms with Crippen LogP contribution in [0, 0.1) is 0 Å². The Labute approximate surface area is 87.7 Å². The summed E-state index contributed by atoms with van der Waals surface area (Å²) in [5.41, 5.74) is 0. The standard InChI is InChI=1S/C11H24N2O/c1-3-12(4-2)9-10-13-7-5-11(14)6-8-13/h11,14H,3-10H2,1-2H3. The summed E-state index contributed by atoms with van der Waals surface area (Å²) < 4.78 is 0. The van der Waals surface area contributed by atoms with Crippen LogP contribution in [0.1, 0.15) is 26.7 Å². The van der Waals surface area contributed by atoms with Crippen LogP contribution in [0.3, 0.4) is 0 Å². The number of nitrogens with zero attached hydrogens (tertiary/aromatic N) is 2. The summed E-state index contributed by atoms with van der Waals surface area (Å²) in [6.07, 6.45) is 1.87. The zero-order chi connectivity index (χ0) is 10.4. The third kappa shape index (κ3) is 3.95. The van der Waals surface area contributed by atoms with Gasteiger partial charge in [-0.3, -0.25) is 0 Å². The maximum atomic E-state index is 9.36. The first-order valence-electron chi connectivity index (χ1n) is 5.89. The molecular weight excluding hydrogens is 176 g/mol. The number of aliphatic hydroxyl groups is 1. The zero-order valence-electron chi connectivity index (χ0n) is 9.58. The summed E-state index contributed by atoms with van der Waals surface area (Å²) in [4.78, 5) is 4.91. The lowest BCUT2D eigenvalue weighted by Gasteiger charge is -2.31. The van der Waals surface area contributed by atoms with Gasteiger partial charge >= 0.3 is 0 Å². The molecule has 1 fully saturated rings. The second-order valence-electron chi connectivity index (χ2n) is 4.10. The Hall–Kier alpha value is -0.120. The molecule has 1 heterocycles. The summed E-state index contributed by atoms with van der Waals surface area (Å²) in [7, 11) is 0. The van der Waals surface area contributed by atoms with Crippen molar-refractivity contribution in [3.63, 3.8) is 0 Å². The first-order valence-corrected chi connectivity index (χ1v) is 5.89.